The topological polar surface area (TPSA) is 71.4 Å². The summed E-state index contributed by atoms with van der Waals surface area (Å²) in [5.74, 6) is 0.766. The standard InChI is InChI=1S/C18H22N4O2/c1-24-17-20-8-13(9-21-17)10-22-11-14-5-6-18(23,15(14)12-22)16-4-2-3-7-19-16/h2-4,7-9,14-15,23H,5-6,10-12H2,1H3/t14-,15+,18-/m0/s1. The van der Waals surface area contributed by atoms with E-state index >= 15 is 0 Å². The van der Waals surface area contributed by atoms with Gasteiger partial charge in [0.25, 0.3) is 0 Å². The van der Waals surface area contributed by atoms with Crippen LogP contribution in [0.2, 0.25) is 0 Å². The van der Waals surface area contributed by atoms with Crippen LogP contribution in [0.15, 0.2) is 36.8 Å². The summed E-state index contributed by atoms with van der Waals surface area (Å²) in [7, 11) is 1.56. The van der Waals surface area contributed by atoms with Crippen LogP contribution in [-0.4, -0.2) is 45.2 Å². The highest BCUT2D eigenvalue weighted by Crippen LogP contribution is 2.50. The first-order valence-electron chi connectivity index (χ1n) is 8.40. The first-order chi connectivity index (χ1) is 11.7. The van der Waals surface area contributed by atoms with Crippen molar-refractivity contribution in [1.82, 2.24) is 19.9 Å². The largest absolute Gasteiger partial charge is 0.467 e. The van der Waals surface area contributed by atoms with Gasteiger partial charge in [0, 0.05) is 49.7 Å². The quantitative estimate of drug-likeness (QED) is 0.920. The third kappa shape index (κ3) is 2.65. The highest BCUT2D eigenvalue weighted by molar-refractivity contribution is 5.19. The number of aliphatic hydroxyl groups is 1. The zero-order chi connectivity index (χ0) is 16.6. The Balaban J connectivity index is 1.47. The zero-order valence-corrected chi connectivity index (χ0v) is 13.8. The molecule has 2 aliphatic rings. The highest BCUT2D eigenvalue weighted by Gasteiger charge is 2.52. The first-order valence-corrected chi connectivity index (χ1v) is 8.40. The Bertz CT molecular complexity index is 694. The Labute approximate surface area is 141 Å². The fourth-order valence-corrected chi connectivity index (χ4v) is 4.24. The summed E-state index contributed by atoms with van der Waals surface area (Å²) in [5, 5.41) is 11.3. The molecule has 4 rings (SSSR count). The molecule has 1 saturated heterocycles. The second kappa shape index (κ2) is 6.11. The van der Waals surface area contributed by atoms with Gasteiger partial charge in [-0.15, -0.1) is 0 Å². The van der Waals surface area contributed by atoms with Crippen molar-refractivity contribution in [2.45, 2.75) is 25.0 Å². The van der Waals surface area contributed by atoms with Gasteiger partial charge < -0.3 is 9.84 Å². The minimum atomic E-state index is -0.795. The van der Waals surface area contributed by atoms with Crippen LogP contribution in [0.3, 0.4) is 0 Å². The summed E-state index contributed by atoms with van der Waals surface area (Å²) < 4.78 is 5.00. The molecule has 0 amide bonds. The second-order valence-electron chi connectivity index (χ2n) is 6.82. The molecular weight excluding hydrogens is 304 g/mol. The Morgan fingerprint density at radius 3 is 2.79 bits per heavy atom. The zero-order valence-electron chi connectivity index (χ0n) is 13.8. The molecule has 0 spiro atoms. The smallest absolute Gasteiger partial charge is 0.316 e. The molecule has 0 unspecified atom stereocenters. The molecule has 3 atom stereocenters. The van der Waals surface area contributed by atoms with Gasteiger partial charge in [0.05, 0.1) is 12.8 Å². The number of fused-ring (bicyclic) bond motifs is 1. The van der Waals surface area contributed by atoms with Crippen molar-refractivity contribution in [2.75, 3.05) is 20.2 Å². The maximum absolute atomic E-state index is 11.3. The van der Waals surface area contributed by atoms with Crippen molar-refractivity contribution in [3.63, 3.8) is 0 Å². The van der Waals surface area contributed by atoms with Gasteiger partial charge in [-0.2, -0.15) is 0 Å². The number of hydrogen-bond acceptors (Lipinski definition) is 6. The summed E-state index contributed by atoms with van der Waals surface area (Å²) >= 11 is 0. The van der Waals surface area contributed by atoms with Crippen LogP contribution in [0.25, 0.3) is 0 Å². The van der Waals surface area contributed by atoms with E-state index in [1.807, 2.05) is 30.6 Å². The van der Waals surface area contributed by atoms with E-state index in [4.69, 9.17) is 4.74 Å². The van der Waals surface area contributed by atoms with Crippen molar-refractivity contribution >= 4 is 0 Å². The monoisotopic (exact) mass is 326 g/mol. The van der Waals surface area contributed by atoms with Crippen molar-refractivity contribution in [3.8, 4) is 6.01 Å². The molecule has 1 aliphatic carbocycles. The average molecular weight is 326 g/mol. The van der Waals surface area contributed by atoms with Crippen molar-refractivity contribution in [2.24, 2.45) is 11.8 Å². The number of rotatable bonds is 4. The maximum atomic E-state index is 11.3. The lowest BCUT2D eigenvalue weighted by Crippen LogP contribution is -2.35. The molecule has 0 bridgehead atoms. The molecule has 2 fully saturated rings. The fourth-order valence-electron chi connectivity index (χ4n) is 4.24. The highest BCUT2D eigenvalue weighted by atomic mass is 16.5. The molecule has 24 heavy (non-hydrogen) atoms. The van der Waals surface area contributed by atoms with Crippen LogP contribution < -0.4 is 4.74 Å². The summed E-state index contributed by atoms with van der Waals surface area (Å²) in [6, 6.07) is 6.18. The maximum Gasteiger partial charge on any atom is 0.316 e. The number of ether oxygens (including phenoxy) is 1. The lowest BCUT2D eigenvalue weighted by Gasteiger charge is -2.29. The van der Waals surface area contributed by atoms with E-state index in [2.05, 4.69) is 19.9 Å². The van der Waals surface area contributed by atoms with Gasteiger partial charge >= 0.3 is 6.01 Å². The Kier molecular flexibility index (Phi) is 3.94. The van der Waals surface area contributed by atoms with Gasteiger partial charge in [0.1, 0.15) is 5.60 Å². The average Bonchev–Trinajstić information content (AvgIpc) is 3.17. The van der Waals surface area contributed by atoms with Crippen LogP contribution in [0, 0.1) is 11.8 Å². The molecule has 3 heterocycles. The van der Waals surface area contributed by atoms with Crippen molar-refractivity contribution in [3.05, 3.63) is 48.0 Å². The number of methoxy groups -OCH3 is 1. The Morgan fingerprint density at radius 1 is 1.25 bits per heavy atom. The SMILES string of the molecule is COc1ncc(CN2C[C@@H]3CC[C@@](O)(c4ccccn4)[C@@H]3C2)cn1. The van der Waals surface area contributed by atoms with Crippen molar-refractivity contribution < 1.29 is 9.84 Å². The van der Waals surface area contributed by atoms with Gasteiger partial charge in [0.15, 0.2) is 0 Å². The van der Waals surface area contributed by atoms with Gasteiger partial charge in [-0.3, -0.25) is 9.88 Å². The molecule has 1 N–H and O–H groups in total. The number of hydrogen-bond donors (Lipinski definition) is 1. The molecule has 126 valence electrons. The van der Waals surface area contributed by atoms with Crippen LogP contribution >= 0.6 is 0 Å². The molecule has 0 radical (unpaired) electrons. The molecule has 6 heteroatoms. The van der Waals surface area contributed by atoms with E-state index in [1.54, 1.807) is 13.3 Å². The Hall–Kier alpha value is -2.05. The minimum Gasteiger partial charge on any atom is -0.467 e. The predicted molar refractivity (Wildman–Crippen MR) is 88.2 cm³/mol. The third-order valence-corrected chi connectivity index (χ3v) is 5.41. The number of aromatic nitrogens is 3. The van der Waals surface area contributed by atoms with E-state index in [0.717, 1.165) is 43.7 Å². The molecular formula is C18H22N4O2. The normalized spacial score (nSPS) is 29.6. The van der Waals surface area contributed by atoms with E-state index in [9.17, 15) is 5.11 Å². The summed E-state index contributed by atoms with van der Waals surface area (Å²) in [5.41, 5.74) is 1.08. The number of likely N-dealkylation sites (tertiary alicyclic amines) is 1. The van der Waals surface area contributed by atoms with Crippen molar-refractivity contribution in [1.29, 1.82) is 0 Å². The van der Waals surface area contributed by atoms with Crippen LogP contribution in [0.4, 0.5) is 0 Å². The lowest BCUT2D eigenvalue weighted by molar-refractivity contribution is -0.0108. The summed E-state index contributed by atoms with van der Waals surface area (Å²) in [4.78, 5) is 15.1. The third-order valence-electron chi connectivity index (χ3n) is 5.41. The van der Waals surface area contributed by atoms with Crippen LogP contribution in [0.5, 0.6) is 6.01 Å². The molecule has 6 nitrogen and oxygen atoms in total. The molecule has 1 aliphatic heterocycles. The van der Waals surface area contributed by atoms with E-state index in [1.165, 1.54) is 0 Å². The number of pyridine rings is 1. The minimum absolute atomic E-state index is 0.242. The lowest BCUT2D eigenvalue weighted by atomic mass is 9.85. The molecule has 2 aromatic rings. The molecule has 2 aromatic heterocycles. The first kappa shape index (κ1) is 15.5. The number of nitrogens with zero attached hydrogens (tertiary/aromatic N) is 4. The van der Waals surface area contributed by atoms with Gasteiger partial charge in [-0.05, 0) is 30.9 Å². The second-order valence-corrected chi connectivity index (χ2v) is 6.82. The fraction of sp³-hybridized carbons (Fsp3) is 0.500. The predicted octanol–water partition coefficient (Wildman–Crippen LogP) is 1.61. The van der Waals surface area contributed by atoms with E-state index < -0.39 is 5.60 Å². The summed E-state index contributed by atoms with van der Waals surface area (Å²) in [6.07, 6.45) is 7.24. The van der Waals surface area contributed by atoms with Crippen LogP contribution in [-0.2, 0) is 12.1 Å². The van der Waals surface area contributed by atoms with Gasteiger partial charge in [-0.25, -0.2) is 9.97 Å². The van der Waals surface area contributed by atoms with Crippen LogP contribution in [0.1, 0.15) is 24.1 Å². The van der Waals surface area contributed by atoms with Gasteiger partial charge in [-0.1, -0.05) is 6.07 Å². The van der Waals surface area contributed by atoms with Gasteiger partial charge in [0.2, 0.25) is 0 Å². The molecule has 0 aromatic carbocycles. The van der Waals surface area contributed by atoms with E-state index in [-0.39, 0.29) is 5.92 Å². The van der Waals surface area contributed by atoms with E-state index in [0.29, 0.717) is 11.9 Å². The molecule has 1 saturated carbocycles. The summed E-state index contributed by atoms with van der Waals surface area (Å²) in [6.45, 7) is 2.69. The Morgan fingerprint density at radius 2 is 2.08 bits per heavy atom.